The van der Waals surface area contributed by atoms with Crippen LogP contribution in [0.25, 0.3) is 0 Å². The van der Waals surface area contributed by atoms with Gasteiger partial charge in [-0.05, 0) is 0 Å². The van der Waals surface area contributed by atoms with E-state index in [1.807, 2.05) is 0 Å². The zero-order valence-electron chi connectivity index (χ0n) is 6.63. The minimum atomic E-state index is -3.21. The van der Waals surface area contributed by atoms with Crippen molar-refractivity contribution in [1.82, 2.24) is 10.3 Å². The number of hydrogen-bond acceptors (Lipinski definition) is 6. The van der Waals surface area contributed by atoms with Crippen molar-refractivity contribution >= 4 is 16.0 Å². The summed E-state index contributed by atoms with van der Waals surface area (Å²) in [5, 5.41) is 12.6. The first-order chi connectivity index (χ1) is 5.40. The van der Waals surface area contributed by atoms with Crippen LogP contribution in [0.15, 0.2) is 9.46 Å². The van der Waals surface area contributed by atoms with E-state index in [9.17, 15) is 4.21 Å². The van der Waals surface area contributed by atoms with Crippen molar-refractivity contribution in [3.05, 3.63) is 0 Å². The van der Waals surface area contributed by atoms with Crippen LogP contribution in [0.4, 0.5) is 0 Å². The van der Waals surface area contributed by atoms with Crippen molar-refractivity contribution in [3.8, 4) is 0 Å². The largest absolute Gasteiger partial charge is 0.355 e. The van der Waals surface area contributed by atoms with E-state index in [0.717, 1.165) is 6.26 Å². The fourth-order valence-corrected chi connectivity index (χ4v) is 1.10. The molecule has 1 aliphatic heterocycles. The Balaban J connectivity index is 2.88. The minimum Gasteiger partial charge on any atom is -0.355 e. The molecule has 1 heterocycles. The van der Waals surface area contributed by atoms with Gasteiger partial charge in [-0.1, -0.05) is 0 Å². The SMILES string of the molecule is CN1C(N=S(C)(=O)O)=NNC1O. The lowest BCUT2D eigenvalue weighted by molar-refractivity contribution is 0.0556. The number of aliphatic hydroxyl groups is 1. The monoisotopic (exact) mass is 194 g/mol. The van der Waals surface area contributed by atoms with Gasteiger partial charge in [-0.25, -0.2) is 4.21 Å². The lowest BCUT2D eigenvalue weighted by atomic mass is 10.8. The third-order valence-corrected chi connectivity index (χ3v) is 1.72. The predicted molar refractivity (Wildman–Crippen MR) is 43.5 cm³/mol. The van der Waals surface area contributed by atoms with Gasteiger partial charge in [-0.15, -0.1) is 9.46 Å². The highest BCUT2D eigenvalue weighted by Crippen LogP contribution is 2.02. The van der Waals surface area contributed by atoms with Crippen molar-refractivity contribution in [3.63, 3.8) is 0 Å². The Hall–Kier alpha value is -0.860. The van der Waals surface area contributed by atoms with E-state index < -0.39 is 16.4 Å². The van der Waals surface area contributed by atoms with Gasteiger partial charge in [0.05, 0.1) is 0 Å². The summed E-state index contributed by atoms with van der Waals surface area (Å²) in [4.78, 5) is 1.24. The molecule has 1 aliphatic rings. The van der Waals surface area contributed by atoms with E-state index in [2.05, 4.69) is 14.9 Å². The summed E-state index contributed by atoms with van der Waals surface area (Å²) >= 11 is 0. The van der Waals surface area contributed by atoms with Crippen LogP contribution in [0.2, 0.25) is 0 Å². The van der Waals surface area contributed by atoms with Gasteiger partial charge in [0.15, 0.2) is 10.0 Å². The summed E-state index contributed by atoms with van der Waals surface area (Å²) in [6, 6.07) is 0. The van der Waals surface area contributed by atoms with Crippen LogP contribution in [-0.2, 0) is 10.0 Å². The molecular formula is C4H10N4O3S. The van der Waals surface area contributed by atoms with Crippen LogP contribution in [0.1, 0.15) is 0 Å². The second-order valence-electron chi connectivity index (χ2n) is 2.38. The van der Waals surface area contributed by atoms with E-state index in [1.54, 1.807) is 0 Å². The van der Waals surface area contributed by atoms with Crippen molar-refractivity contribution < 1.29 is 13.9 Å². The summed E-state index contributed by atoms with van der Waals surface area (Å²) in [6.07, 6.45) is 0.0825. The van der Waals surface area contributed by atoms with Crippen molar-refractivity contribution in [2.75, 3.05) is 13.3 Å². The number of nitrogens with zero attached hydrogens (tertiary/aromatic N) is 3. The number of rotatable bonds is 0. The van der Waals surface area contributed by atoms with Crippen LogP contribution >= 0.6 is 0 Å². The normalized spacial score (nSPS) is 27.5. The average molecular weight is 194 g/mol. The molecule has 0 aliphatic carbocycles. The highest BCUT2D eigenvalue weighted by Gasteiger charge is 2.21. The summed E-state index contributed by atoms with van der Waals surface area (Å²) in [6.45, 7) is 0. The molecule has 0 saturated carbocycles. The van der Waals surface area contributed by atoms with Gasteiger partial charge in [-0.2, -0.15) is 0 Å². The Bertz CT molecular complexity index is 310. The molecular weight excluding hydrogens is 184 g/mol. The van der Waals surface area contributed by atoms with Crippen molar-refractivity contribution in [2.45, 2.75) is 6.35 Å². The fourth-order valence-electron chi connectivity index (χ4n) is 0.627. The first-order valence-electron chi connectivity index (χ1n) is 3.09. The van der Waals surface area contributed by atoms with Gasteiger partial charge < -0.3 is 9.66 Å². The maximum absolute atomic E-state index is 10.8. The molecule has 1 rings (SSSR count). The average Bonchev–Trinajstić information content (AvgIpc) is 2.16. The minimum absolute atomic E-state index is 0.0116. The van der Waals surface area contributed by atoms with Gasteiger partial charge in [0.25, 0.3) is 5.96 Å². The molecule has 0 amide bonds. The van der Waals surface area contributed by atoms with Crippen molar-refractivity contribution in [2.24, 2.45) is 9.46 Å². The lowest BCUT2D eigenvalue weighted by Crippen LogP contribution is -2.36. The molecule has 0 spiro atoms. The highest BCUT2D eigenvalue weighted by molar-refractivity contribution is 7.87. The van der Waals surface area contributed by atoms with E-state index in [-0.39, 0.29) is 5.96 Å². The van der Waals surface area contributed by atoms with Crippen LogP contribution in [0, 0.1) is 0 Å². The molecule has 70 valence electrons. The number of nitrogens with one attached hydrogen (secondary N) is 1. The summed E-state index contributed by atoms with van der Waals surface area (Å²) in [5.41, 5.74) is 2.28. The van der Waals surface area contributed by atoms with Gasteiger partial charge in [-0.3, -0.25) is 10.3 Å². The van der Waals surface area contributed by atoms with Crippen LogP contribution < -0.4 is 5.43 Å². The Kier molecular flexibility index (Phi) is 2.22. The molecule has 3 N–H and O–H groups in total. The molecule has 0 aromatic rings. The topological polar surface area (TPSA) is 97.5 Å². The molecule has 0 bridgehead atoms. The molecule has 0 saturated heterocycles. The smallest absolute Gasteiger partial charge is 0.255 e. The summed E-state index contributed by atoms with van der Waals surface area (Å²) in [5.74, 6) is 0.0116. The predicted octanol–water partition coefficient (Wildman–Crippen LogP) is -1.36. The number of hydrazone groups is 1. The van der Waals surface area contributed by atoms with Gasteiger partial charge in [0, 0.05) is 13.3 Å². The highest BCUT2D eigenvalue weighted by atomic mass is 32.2. The number of hydrogen-bond donors (Lipinski definition) is 3. The molecule has 0 fully saturated rings. The van der Waals surface area contributed by atoms with Crippen LogP contribution in [0.5, 0.6) is 0 Å². The third-order valence-electron chi connectivity index (χ3n) is 1.21. The number of guanidine groups is 1. The molecule has 7 nitrogen and oxygen atoms in total. The molecule has 2 atom stereocenters. The lowest BCUT2D eigenvalue weighted by Gasteiger charge is -2.13. The Morgan fingerprint density at radius 1 is 1.83 bits per heavy atom. The maximum Gasteiger partial charge on any atom is 0.255 e. The zero-order chi connectivity index (χ0) is 9.35. The first-order valence-corrected chi connectivity index (χ1v) is 4.97. The maximum atomic E-state index is 10.8. The molecule has 12 heavy (non-hydrogen) atoms. The van der Waals surface area contributed by atoms with Crippen LogP contribution in [-0.4, -0.2) is 44.4 Å². The zero-order valence-corrected chi connectivity index (χ0v) is 7.45. The molecule has 8 heteroatoms. The van der Waals surface area contributed by atoms with Gasteiger partial charge in [0.2, 0.25) is 6.35 Å². The second kappa shape index (κ2) is 2.88. The van der Waals surface area contributed by atoms with E-state index >= 15 is 0 Å². The van der Waals surface area contributed by atoms with Crippen molar-refractivity contribution in [1.29, 1.82) is 0 Å². The Labute approximate surface area is 70.1 Å². The standard InChI is InChI=1S/C4H10N4O3S/c1-8-3(5-6-4(8)9)7-12(2,10)11/h4,6,9H,1-2H3,(H,5,7,10,11). The van der Waals surface area contributed by atoms with E-state index in [4.69, 9.17) is 9.66 Å². The second-order valence-corrected chi connectivity index (χ2v) is 4.09. The quantitative estimate of drug-likeness (QED) is 0.442. The summed E-state index contributed by atoms with van der Waals surface area (Å²) in [7, 11) is -1.71. The van der Waals surface area contributed by atoms with Gasteiger partial charge in [0.1, 0.15) is 0 Å². The summed E-state index contributed by atoms with van der Waals surface area (Å²) < 4.78 is 23.0. The van der Waals surface area contributed by atoms with E-state index in [0.29, 0.717) is 0 Å². The van der Waals surface area contributed by atoms with Gasteiger partial charge >= 0.3 is 0 Å². The molecule has 0 radical (unpaired) electrons. The fraction of sp³-hybridized carbons (Fsp3) is 0.750. The first kappa shape index (κ1) is 9.23. The van der Waals surface area contributed by atoms with E-state index in [1.165, 1.54) is 11.9 Å². The Morgan fingerprint density at radius 3 is 2.75 bits per heavy atom. The van der Waals surface area contributed by atoms with Crippen LogP contribution in [0.3, 0.4) is 0 Å². The molecule has 2 unspecified atom stereocenters. The molecule has 0 aromatic heterocycles. The number of aliphatic hydroxyl groups excluding tert-OH is 1. The molecule has 0 aromatic carbocycles. The third kappa shape index (κ3) is 2.06. The Morgan fingerprint density at radius 2 is 2.42 bits per heavy atom.